The van der Waals surface area contributed by atoms with E-state index in [2.05, 4.69) is 21.1 Å². The Morgan fingerprint density at radius 3 is 2.57 bits per heavy atom. The molecule has 1 heterocycles. The Balaban J connectivity index is 1.97. The van der Waals surface area contributed by atoms with Crippen molar-refractivity contribution in [2.24, 2.45) is 0 Å². The number of methoxy groups -OCH3 is 1. The van der Waals surface area contributed by atoms with Gasteiger partial charge in [0.25, 0.3) is 0 Å². The van der Waals surface area contributed by atoms with Crippen molar-refractivity contribution in [1.82, 2.24) is 4.98 Å². The minimum Gasteiger partial charge on any atom is -0.465 e. The van der Waals surface area contributed by atoms with E-state index in [9.17, 15) is 14.9 Å². The van der Waals surface area contributed by atoms with Crippen molar-refractivity contribution in [1.29, 1.82) is 5.26 Å². The molecule has 138 valence electrons. The Morgan fingerprint density at radius 1 is 1.18 bits per heavy atom. The van der Waals surface area contributed by atoms with Gasteiger partial charge in [-0.2, -0.15) is 5.26 Å². The molecule has 0 aliphatic rings. The number of pyridine rings is 1. The molecule has 1 aromatic heterocycles. The second-order valence-corrected chi connectivity index (χ2v) is 5.71. The lowest BCUT2D eigenvalue weighted by Crippen LogP contribution is -2.03. The van der Waals surface area contributed by atoms with Crippen molar-refractivity contribution < 1.29 is 14.5 Å². The summed E-state index contributed by atoms with van der Waals surface area (Å²) in [5.41, 5.74) is 2.29. The fraction of sp³-hybridized carbons (Fsp3) is 0.0500. The van der Waals surface area contributed by atoms with E-state index in [1.807, 2.05) is 0 Å². The van der Waals surface area contributed by atoms with Crippen LogP contribution < -0.4 is 5.32 Å². The topological polar surface area (TPSA) is 118 Å². The Labute approximate surface area is 160 Å². The number of carbonyl (C=O) groups excluding carboxylic acids is 1. The Kier molecular flexibility index (Phi) is 5.28. The van der Waals surface area contributed by atoms with Crippen molar-refractivity contribution >= 4 is 23.2 Å². The van der Waals surface area contributed by atoms with Crippen molar-refractivity contribution in [3.05, 3.63) is 81.9 Å². The number of nitro groups is 1. The maximum Gasteiger partial charge on any atom is 0.337 e. The number of rotatable bonds is 5. The molecule has 0 spiro atoms. The number of aromatic nitrogens is 1. The molecule has 8 heteroatoms. The van der Waals surface area contributed by atoms with Crippen LogP contribution in [0.2, 0.25) is 0 Å². The number of nitrogens with zero attached hydrogens (tertiary/aromatic N) is 3. The third-order valence-corrected chi connectivity index (χ3v) is 3.93. The largest absolute Gasteiger partial charge is 0.465 e. The van der Waals surface area contributed by atoms with Crippen LogP contribution in [0, 0.1) is 21.4 Å². The molecule has 0 saturated carbocycles. The molecule has 0 radical (unpaired) electrons. The zero-order valence-electron chi connectivity index (χ0n) is 14.7. The molecule has 3 aromatic rings. The van der Waals surface area contributed by atoms with Gasteiger partial charge in [0, 0.05) is 17.3 Å². The molecule has 0 amide bonds. The van der Waals surface area contributed by atoms with Crippen LogP contribution in [0.15, 0.2) is 60.7 Å². The first-order valence-electron chi connectivity index (χ1n) is 8.13. The number of hydrogen-bond donors (Lipinski definition) is 1. The van der Waals surface area contributed by atoms with Gasteiger partial charge in [-0.15, -0.1) is 0 Å². The Bertz CT molecular complexity index is 1090. The lowest BCUT2D eigenvalue weighted by atomic mass is 10.1. The molecule has 0 bridgehead atoms. The van der Waals surface area contributed by atoms with Crippen LogP contribution in [0.3, 0.4) is 0 Å². The predicted octanol–water partition coefficient (Wildman–Crippen LogP) is 4.06. The molecular formula is C20H14N4O4. The zero-order valence-corrected chi connectivity index (χ0v) is 14.7. The number of anilines is 2. The fourth-order valence-corrected chi connectivity index (χ4v) is 2.54. The van der Waals surface area contributed by atoms with Crippen molar-refractivity contribution in [3.8, 4) is 17.3 Å². The van der Waals surface area contributed by atoms with Crippen molar-refractivity contribution in [3.63, 3.8) is 0 Å². The van der Waals surface area contributed by atoms with E-state index in [1.54, 1.807) is 48.5 Å². The molecule has 0 unspecified atom stereocenters. The van der Waals surface area contributed by atoms with Gasteiger partial charge in [0.15, 0.2) is 0 Å². The maximum absolute atomic E-state index is 11.5. The SMILES string of the molecule is COC(=O)c1ccc(Nc2nc(-c3cccc(C#N)c3)ccc2[N+](=O)[O-])cc1. The van der Waals surface area contributed by atoms with Crippen LogP contribution in [-0.2, 0) is 4.74 Å². The van der Waals surface area contributed by atoms with Crippen LogP contribution in [-0.4, -0.2) is 23.0 Å². The Hall–Kier alpha value is -4.25. The minimum absolute atomic E-state index is 0.0516. The summed E-state index contributed by atoms with van der Waals surface area (Å²) in [4.78, 5) is 26.7. The predicted molar refractivity (Wildman–Crippen MR) is 102 cm³/mol. The van der Waals surface area contributed by atoms with Gasteiger partial charge in [0.2, 0.25) is 5.82 Å². The number of carbonyl (C=O) groups is 1. The van der Waals surface area contributed by atoms with Gasteiger partial charge in [-0.05, 0) is 42.5 Å². The molecule has 1 N–H and O–H groups in total. The van der Waals surface area contributed by atoms with Gasteiger partial charge in [0.1, 0.15) is 0 Å². The Morgan fingerprint density at radius 2 is 1.93 bits per heavy atom. The van der Waals surface area contributed by atoms with E-state index < -0.39 is 10.9 Å². The first kappa shape index (κ1) is 18.5. The maximum atomic E-state index is 11.5. The van der Waals surface area contributed by atoms with Crippen molar-refractivity contribution in [2.45, 2.75) is 0 Å². The van der Waals surface area contributed by atoms with E-state index in [0.717, 1.165) is 0 Å². The highest BCUT2D eigenvalue weighted by Gasteiger charge is 2.17. The monoisotopic (exact) mass is 374 g/mol. The number of benzene rings is 2. The highest BCUT2D eigenvalue weighted by atomic mass is 16.6. The summed E-state index contributed by atoms with van der Waals surface area (Å²) >= 11 is 0. The van der Waals surface area contributed by atoms with Crippen LogP contribution in [0.4, 0.5) is 17.2 Å². The summed E-state index contributed by atoms with van der Waals surface area (Å²) < 4.78 is 4.64. The third kappa shape index (κ3) is 3.94. The summed E-state index contributed by atoms with van der Waals surface area (Å²) in [6.45, 7) is 0. The van der Waals surface area contributed by atoms with E-state index >= 15 is 0 Å². The number of nitrogens with one attached hydrogen (secondary N) is 1. The number of hydrogen-bond acceptors (Lipinski definition) is 7. The summed E-state index contributed by atoms with van der Waals surface area (Å²) in [7, 11) is 1.29. The van der Waals surface area contributed by atoms with Gasteiger partial charge in [-0.25, -0.2) is 9.78 Å². The number of ether oxygens (including phenoxy) is 1. The summed E-state index contributed by atoms with van der Waals surface area (Å²) in [5, 5.41) is 23.3. The molecular weight excluding hydrogens is 360 g/mol. The summed E-state index contributed by atoms with van der Waals surface area (Å²) in [6, 6.07) is 18.0. The van der Waals surface area contributed by atoms with E-state index in [4.69, 9.17) is 5.26 Å². The molecule has 0 fully saturated rings. The lowest BCUT2D eigenvalue weighted by molar-refractivity contribution is -0.384. The van der Waals surface area contributed by atoms with Gasteiger partial charge in [0.05, 0.1) is 34.9 Å². The van der Waals surface area contributed by atoms with E-state index in [1.165, 1.54) is 19.2 Å². The second-order valence-electron chi connectivity index (χ2n) is 5.71. The minimum atomic E-state index is -0.534. The normalized spacial score (nSPS) is 10.0. The average Bonchev–Trinajstić information content (AvgIpc) is 2.73. The molecule has 3 rings (SSSR count). The fourth-order valence-electron chi connectivity index (χ4n) is 2.54. The molecule has 28 heavy (non-hydrogen) atoms. The lowest BCUT2D eigenvalue weighted by Gasteiger charge is -2.09. The quantitative estimate of drug-likeness (QED) is 0.406. The number of nitriles is 1. The molecule has 0 atom stereocenters. The molecule has 2 aromatic carbocycles. The first-order valence-corrected chi connectivity index (χ1v) is 8.13. The van der Waals surface area contributed by atoms with Crippen molar-refractivity contribution in [2.75, 3.05) is 12.4 Å². The highest BCUT2D eigenvalue weighted by molar-refractivity contribution is 5.89. The summed E-state index contributed by atoms with van der Waals surface area (Å²) in [5.74, 6) is -0.425. The highest BCUT2D eigenvalue weighted by Crippen LogP contribution is 2.29. The van der Waals surface area contributed by atoms with Gasteiger partial charge < -0.3 is 10.1 Å². The molecule has 0 aliphatic heterocycles. The molecule has 8 nitrogen and oxygen atoms in total. The van der Waals surface area contributed by atoms with Gasteiger partial charge in [-0.3, -0.25) is 10.1 Å². The second kappa shape index (κ2) is 7.97. The first-order chi connectivity index (χ1) is 13.5. The van der Waals surface area contributed by atoms with E-state index in [0.29, 0.717) is 28.1 Å². The van der Waals surface area contributed by atoms with Crippen LogP contribution in [0.1, 0.15) is 15.9 Å². The average molecular weight is 374 g/mol. The molecule has 0 aliphatic carbocycles. The van der Waals surface area contributed by atoms with Gasteiger partial charge in [-0.1, -0.05) is 12.1 Å². The van der Waals surface area contributed by atoms with Gasteiger partial charge >= 0.3 is 11.7 Å². The third-order valence-electron chi connectivity index (χ3n) is 3.93. The van der Waals surface area contributed by atoms with Crippen LogP contribution >= 0.6 is 0 Å². The standard InChI is InChI=1S/C20H14N4O4/c1-28-20(25)14-5-7-16(8-6-14)22-19-18(24(26)27)10-9-17(23-19)15-4-2-3-13(11-15)12-21/h2-11H,1H3,(H,22,23). The number of esters is 1. The zero-order chi connectivity index (χ0) is 20.1. The summed E-state index contributed by atoms with van der Waals surface area (Å²) in [6.07, 6.45) is 0. The smallest absolute Gasteiger partial charge is 0.337 e. The molecule has 0 saturated heterocycles. The van der Waals surface area contributed by atoms with Crippen LogP contribution in [0.25, 0.3) is 11.3 Å². The van der Waals surface area contributed by atoms with E-state index in [-0.39, 0.29) is 11.5 Å². The van der Waals surface area contributed by atoms with Crippen LogP contribution in [0.5, 0.6) is 0 Å².